The number of rotatable bonds is 3. The van der Waals surface area contributed by atoms with E-state index in [1.54, 1.807) is 0 Å². The average Bonchev–Trinajstić information content (AvgIpc) is 2.73. The summed E-state index contributed by atoms with van der Waals surface area (Å²) in [6, 6.07) is 0. The van der Waals surface area contributed by atoms with E-state index in [1.807, 2.05) is 0 Å². The van der Waals surface area contributed by atoms with E-state index >= 15 is 0 Å². The third-order valence-corrected chi connectivity index (χ3v) is 2.05. The molecule has 0 unspecified atom stereocenters. The predicted octanol–water partition coefficient (Wildman–Crippen LogP) is -0.801. The third kappa shape index (κ3) is 1.96. The molecule has 0 aromatic carbocycles. The van der Waals surface area contributed by atoms with Crippen molar-refractivity contribution in [2.75, 3.05) is 0 Å². The van der Waals surface area contributed by atoms with Crippen molar-refractivity contribution in [3.63, 3.8) is 0 Å². The number of hydrogen-bond acceptors (Lipinski definition) is 5. The van der Waals surface area contributed by atoms with Crippen molar-refractivity contribution < 1.29 is 19.8 Å². The van der Waals surface area contributed by atoms with Crippen molar-refractivity contribution in [2.24, 2.45) is 0 Å². The van der Waals surface area contributed by atoms with Gasteiger partial charge in [-0.1, -0.05) is 0 Å². The van der Waals surface area contributed by atoms with Crippen LogP contribution in [0.1, 0.15) is 5.82 Å². The molecule has 0 amide bonds. The van der Waals surface area contributed by atoms with Gasteiger partial charge in [-0.05, 0) is 0 Å². The van der Waals surface area contributed by atoms with Crippen LogP contribution in [0.4, 0.5) is 0 Å². The highest BCUT2D eigenvalue weighted by atomic mass is 16.4. The molecule has 0 aliphatic heterocycles. The van der Waals surface area contributed by atoms with Gasteiger partial charge in [0.1, 0.15) is 11.4 Å². The number of aromatic nitrogens is 4. The van der Waals surface area contributed by atoms with Crippen LogP contribution in [-0.2, 0) is 9.59 Å². The maximum atomic E-state index is 11.5. The number of aromatic amines is 2. The molecule has 2 rings (SSSR count). The lowest BCUT2D eigenvalue weighted by molar-refractivity contribution is -0.133. The maximum absolute atomic E-state index is 11.5. The second-order valence-corrected chi connectivity index (χ2v) is 3.22. The number of nitrogens with one attached hydrogen (secondary N) is 2. The van der Waals surface area contributed by atoms with E-state index in [-0.39, 0.29) is 17.0 Å². The molecule has 0 saturated heterocycles. The lowest BCUT2D eigenvalue weighted by Crippen LogP contribution is -2.15. The first-order valence-corrected chi connectivity index (χ1v) is 4.60. The molecule has 0 aliphatic carbocycles. The summed E-state index contributed by atoms with van der Waals surface area (Å²) in [7, 11) is 0. The Labute approximate surface area is 97.8 Å². The van der Waals surface area contributed by atoms with Crippen LogP contribution in [0.25, 0.3) is 16.7 Å². The topological polar surface area (TPSA) is 149 Å². The monoisotopic (exact) mass is 250 g/mol. The molecule has 0 atom stereocenters. The third-order valence-electron chi connectivity index (χ3n) is 2.05. The fourth-order valence-electron chi connectivity index (χ4n) is 1.33. The van der Waals surface area contributed by atoms with E-state index in [9.17, 15) is 14.4 Å². The van der Waals surface area contributed by atoms with Gasteiger partial charge < -0.3 is 20.2 Å². The van der Waals surface area contributed by atoms with Gasteiger partial charge in [0, 0.05) is 6.08 Å². The number of nitrogens with zero attached hydrogens (tertiary/aromatic N) is 2. The minimum absolute atomic E-state index is 0.00582. The molecule has 0 fully saturated rings. The summed E-state index contributed by atoms with van der Waals surface area (Å²) >= 11 is 0. The molecule has 18 heavy (non-hydrogen) atoms. The molecule has 2 aromatic heterocycles. The highest BCUT2D eigenvalue weighted by Crippen LogP contribution is 2.10. The van der Waals surface area contributed by atoms with Gasteiger partial charge in [-0.15, -0.1) is 0 Å². The highest BCUT2D eigenvalue weighted by Gasteiger charge is 2.17. The molecule has 0 bridgehead atoms. The first kappa shape index (κ1) is 11.5. The smallest absolute Gasteiger partial charge is 0.339 e. The van der Waals surface area contributed by atoms with E-state index in [2.05, 4.69) is 19.9 Å². The Bertz CT molecular complexity index is 726. The van der Waals surface area contributed by atoms with Crippen LogP contribution in [0.5, 0.6) is 0 Å². The molecule has 9 nitrogen and oxygen atoms in total. The molecule has 92 valence electrons. The molecule has 4 N–H and O–H groups in total. The van der Waals surface area contributed by atoms with Gasteiger partial charge in [-0.2, -0.15) is 0 Å². The van der Waals surface area contributed by atoms with Gasteiger partial charge in [0.25, 0.3) is 5.56 Å². The zero-order valence-electron chi connectivity index (χ0n) is 8.67. The molecule has 2 aromatic rings. The van der Waals surface area contributed by atoms with Crippen LogP contribution in [0.3, 0.4) is 0 Å². The van der Waals surface area contributed by atoms with Crippen LogP contribution in [0.15, 0.2) is 17.2 Å². The van der Waals surface area contributed by atoms with Crippen LogP contribution in [0, 0.1) is 0 Å². The zero-order chi connectivity index (χ0) is 13.3. The second kappa shape index (κ2) is 4.13. The average molecular weight is 250 g/mol. The molecule has 2 heterocycles. The van der Waals surface area contributed by atoms with Crippen molar-refractivity contribution in [2.45, 2.75) is 0 Å². The van der Waals surface area contributed by atoms with Gasteiger partial charge in [0.05, 0.1) is 6.33 Å². The number of fused-ring (bicyclic) bond motifs is 1. The second-order valence-electron chi connectivity index (χ2n) is 3.22. The molecule has 0 saturated carbocycles. The van der Waals surface area contributed by atoms with Crippen LogP contribution < -0.4 is 5.56 Å². The number of aliphatic carboxylic acids is 2. The molecular formula is C9H6N4O5. The van der Waals surface area contributed by atoms with Crippen LogP contribution in [-0.4, -0.2) is 42.1 Å². The van der Waals surface area contributed by atoms with E-state index in [0.29, 0.717) is 6.08 Å². The van der Waals surface area contributed by atoms with Crippen molar-refractivity contribution in [3.8, 4) is 0 Å². The summed E-state index contributed by atoms with van der Waals surface area (Å²) in [5.41, 5.74) is -1.18. The van der Waals surface area contributed by atoms with Gasteiger partial charge in [-0.25, -0.2) is 19.6 Å². The number of hydrogen-bond donors (Lipinski definition) is 4. The minimum Gasteiger partial charge on any atom is -0.478 e. The molecule has 9 heteroatoms. The minimum atomic E-state index is -1.52. The summed E-state index contributed by atoms with van der Waals surface area (Å²) in [5, 5.41) is 17.4. The Morgan fingerprint density at radius 2 is 2.06 bits per heavy atom. The molecular weight excluding hydrogens is 244 g/mol. The van der Waals surface area contributed by atoms with E-state index < -0.39 is 23.1 Å². The van der Waals surface area contributed by atoms with Crippen LogP contribution in [0.2, 0.25) is 0 Å². The Balaban J connectivity index is 2.69. The van der Waals surface area contributed by atoms with Gasteiger partial charge in [0.2, 0.25) is 0 Å². The first-order chi connectivity index (χ1) is 8.49. The summed E-state index contributed by atoms with van der Waals surface area (Å²) in [6.07, 6.45) is 1.66. The summed E-state index contributed by atoms with van der Waals surface area (Å²) in [4.78, 5) is 45.1. The summed E-state index contributed by atoms with van der Waals surface area (Å²) in [6.45, 7) is 0. The normalized spacial score (nSPS) is 11.7. The fourth-order valence-corrected chi connectivity index (χ4v) is 1.33. The zero-order valence-corrected chi connectivity index (χ0v) is 8.67. The lowest BCUT2D eigenvalue weighted by Gasteiger charge is -2.00. The standard InChI is InChI=1S/C9H6N4O5/c14-4(15)1-3(9(17)18)6-12-7-5(8(16)13-6)10-2-11-7/h1-2H,(H,14,15)(H,17,18)(H2,10,11,12,13,16)/b3-1-. The quantitative estimate of drug-likeness (QED) is 0.521. The number of carboxylic acids is 2. The van der Waals surface area contributed by atoms with Gasteiger partial charge in [0.15, 0.2) is 11.2 Å². The van der Waals surface area contributed by atoms with E-state index in [1.165, 1.54) is 6.33 Å². The molecule has 0 spiro atoms. The number of carboxylic acid groups (broad SMARTS) is 2. The largest absolute Gasteiger partial charge is 0.478 e. The van der Waals surface area contributed by atoms with Crippen molar-refractivity contribution in [1.82, 2.24) is 19.9 Å². The SMILES string of the molecule is O=C(O)/C=C(\C(=O)O)c1nc2nc[nH]c2c(=O)[nH]1. The predicted molar refractivity (Wildman–Crippen MR) is 57.8 cm³/mol. The Kier molecular flexibility index (Phi) is 2.64. The fraction of sp³-hybridized carbons (Fsp3) is 0. The van der Waals surface area contributed by atoms with Crippen molar-refractivity contribution in [3.05, 3.63) is 28.6 Å². The Hall–Kier alpha value is -2.97. The van der Waals surface area contributed by atoms with Crippen LogP contribution >= 0.6 is 0 Å². The first-order valence-electron chi connectivity index (χ1n) is 4.60. The number of imidazole rings is 1. The molecule has 0 aliphatic rings. The summed E-state index contributed by atoms with van der Waals surface area (Å²) in [5.74, 6) is -3.35. The maximum Gasteiger partial charge on any atom is 0.339 e. The number of carbonyl (C=O) groups is 2. The number of H-pyrrole nitrogens is 2. The van der Waals surface area contributed by atoms with E-state index in [0.717, 1.165) is 0 Å². The highest BCUT2D eigenvalue weighted by molar-refractivity contribution is 6.18. The summed E-state index contributed by atoms with van der Waals surface area (Å²) < 4.78 is 0. The Morgan fingerprint density at radius 3 is 2.67 bits per heavy atom. The van der Waals surface area contributed by atoms with E-state index in [4.69, 9.17) is 10.2 Å². The van der Waals surface area contributed by atoms with Gasteiger partial charge >= 0.3 is 11.9 Å². The van der Waals surface area contributed by atoms with Crippen molar-refractivity contribution >= 4 is 28.7 Å². The van der Waals surface area contributed by atoms with Gasteiger partial charge in [-0.3, -0.25) is 4.79 Å². The Morgan fingerprint density at radius 1 is 1.33 bits per heavy atom. The molecule has 0 radical (unpaired) electrons. The lowest BCUT2D eigenvalue weighted by atomic mass is 10.2. The van der Waals surface area contributed by atoms with Crippen molar-refractivity contribution in [1.29, 1.82) is 0 Å².